The van der Waals surface area contributed by atoms with Crippen molar-refractivity contribution in [1.82, 2.24) is 18.4 Å². The first-order valence-electron chi connectivity index (χ1n) is 8.72. The smallest absolute Gasteiger partial charge is 0.243 e. The zero-order chi connectivity index (χ0) is 18.9. The lowest BCUT2D eigenvalue weighted by molar-refractivity contribution is 0.200. The molecule has 3 aromatic rings. The minimum absolute atomic E-state index is 0.0710. The lowest BCUT2D eigenvalue weighted by Gasteiger charge is -2.32. The van der Waals surface area contributed by atoms with E-state index in [1.807, 2.05) is 24.3 Å². The van der Waals surface area contributed by atoms with Crippen LogP contribution >= 0.6 is 23.3 Å². The van der Waals surface area contributed by atoms with Crippen LogP contribution in [0.5, 0.6) is 0 Å². The van der Waals surface area contributed by atoms with Crippen molar-refractivity contribution in [2.45, 2.75) is 30.3 Å². The summed E-state index contributed by atoms with van der Waals surface area (Å²) in [6.45, 7) is 2.54. The first-order chi connectivity index (χ1) is 13.0. The molecule has 1 N–H and O–H groups in total. The van der Waals surface area contributed by atoms with Crippen LogP contribution in [0, 0.1) is 0 Å². The maximum Gasteiger partial charge on any atom is 0.243 e. The van der Waals surface area contributed by atoms with Gasteiger partial charge in [0.05, 0.1) is 11.7 Å². The average molecular weight is 423 g/mol. The number of halogens is 1. The molecule has 2 heterocycles. The van der Waals surface area contributed by atoms with Crippen molar-refractivity contribution in [2.75, 3.05) is 13.1 Å². The molecule has 4 rings (SSSR count). The van der Waals surface area contributed by atoms with Gasteiger partial charge in [-0.15, -0.1) is 0 Å². The zero-order valence-electron chi connectivity index (χ0n) is 14.5. The summed E-state index contributed by atoms with van der Waals surface area (Å²) in [5, 5.41) is 0.734. The second kappa shape index (κ2) is 7.81. The van der Waals surface area contributed by atoms with Gasteiger partial charge in [-0.25, -0.2) is 13.1 Å². The normalized spacial score (nSPS) is 16.8. The van der Waals surface area contributed by atoms with Crippen molar-refractivity contribution < 1.29 is 8.42 Å². The summed E-state index contributed by atoms with van der Waals surface area (Å²) < 4.78 is 36.7. The second-order valence-corrected chi connectivity index (χ2v) is 9.33. The van der Waals surface area contributed by atoms with Gasteiger partial charge in [0.25, 0.3) is 0 Å². The molecule has 1 aromatic heterocycles. The summed E-state index contributed by atoms with van der Waals surface area (Å²) in [4.78, 5) is 2.54. The molecule has 6 nitrogen and oxygen atoms in total. The lowest BCUT2D eigenvalue weighted by Crippen LogP contribution is -2.44. The van der Waals surface area contributed by atoms with Crippen molar-refractivity contribution in [3.63, 3.8) is 0 Å². The van der Waals surface area contributed by atoms with Crippen LogP contribution in [0.25, 0.3) is 11.0 Å². The fourth-order valence-electron chi connectivity index (χ4n) is 3.34. The summed E-state index contributed by atoms with van der Waals surface area (Å²) in [6.07, 6.45) is 1.55. The highest BCUT2D eigenvalue weighted by atomic mass is 35.5. The van der Waals surface area contributed by atoms with E-state index in [2.05, 4.69) is 18.4 Å². The maximum atomic E-state index is 12.8. The SMILES string of the molecule is O=S(=O)(NC1CCN(Cc2ccc(Cl)cc2)CC1)c1cccc2nsnc12. The topological polar surface area (TPSA) is 75.2 Å². The van der Waals surface area contributed by atoms with E-state index in [0.29, 0.717) is 11.0 Å². The number of benzene rings is 2. The number of hydrogen-bond donors (Lipinski definition) is 1. The Morgan fingerprint density at radius 1 is 1.11 bits per heavy atom. The van der Waals surface area contributed by atoms with Crippen LogP contribution in [0.1, 0.15) is 18.4 Å². The molecule has 2 aromatic carbocycles. The van der Waals surface area contributed by atoms with Gasteiger partial charge in [-0.3, -0.25) is 4.90 Å². The van der Waals surface area contributed by atoms with E-state index in [-0.39, 0.29) is 10.9 Å². The number of nitrogens with one attached hydrogen (secondary N) is 1. The van der Waals surface area contributed by atoms with Crippen molar-refractivity contribution in [3.05, 3.63) is 53.1 Å². The molecule has 142 valence electrons. The van der Waals surface area contributed by atoms with Crippen LogP contribution in [0.15, 0.2) is 47.4 Å². The van der Waals surface area contributed by atoms with Crippen molar-refractivity contribution >= 4 is 44.4 Å². The highest BCUT2D eigenvalue weighted by Crippen LogP contribution is 2.23. The number of sulfonamides is 1. The molecule has 1 aliphatic heterocycles. The minimum Gasteiger partial charge on any atom is -0.299 e. The number of fused-ring (bicyclic) bond motifs is 1. The van der Waals surface area contributed by atoms with E-state index >= 15 is 0 Å². The van der Waals surface area contributed by atoms with E-state index in [0.717, 1.165) is 49.2 Å². The van der Waals surface area contributed by atoms with Gasteiger partial charge in [0, 0.05) is 30.7 Å². The first kappa shape index (κ1) is 18.8. The molecule has 1 saturated heterocycles. The zero-order valence-corrected chi connectivity index (χ0v) is 16.9. The summed E-state index contributed by atoms with van der Waals surface area (Å²) >= 11 is 6.95. The highest BCUT2D eigenvalue weighted by Gasteiger charge is 2.26. The van der Waals surface area contributed by atoms with Crippen molar-refractivity contribution in [3.8, 4) is 0 Å². The molecular weight excluding hydrogens is 404 g/mol. The Bertz CT molecular complexity index is 1030. The van der Waals surface area contributed by atoms with Gasteiger partial charge in [-0.2, -0.15) is 8.75 Å². The Hall–Kier alpha value is -1.58. The summed E-state index contributed by atoms with van der Waals surface area (Å²) in [6, 6.07) is 12.8. The van der Waals surface area contributed by atoms with Gasteiger partial charge in [0.15, 0.2) is 0 Å². The van der Waals surface area contributed by atoms with Crippen LogP contribution in [0.4, 0.5) is 0 Å². The summed E-state index contributed by atoms with van der Waals surface area (Å²) in [5.41, 5.74) is 2.26. The Labute approximate surface area is 167 Å². The molecule has 1 aliphatic rings. The number of likely N-dealkylation sites (tertiary alicyclic amines) is 1. The van der Waals surface area contributed by atoms with E-state index in [4.69, 9.17) is 11.6 Å². The predicted molar refractivity (Wildman–Crippen MR) is 107 cm³/mol. The largest absolute Gasteiger partial charge is 0.299 e. The Morgan fingerprint density at radius 2 is 1.85 bits per heavy atom. The van der Waals surface area contributed by atoms with Crippen LogP contribution in [-0.4, -0.2) is 41.2 Å². The Kier molecular flexibility index (Phi) is 5.43. The van der Waals surface area contributed by atoms with Gasteiger partial charge < -0.3 is 0 Å². The fraction of sp³-hybridized carbons (Fsp3) is 0.333. The standard InChI is InChI=1S/C18H19ClN4O2S2/c19-14-6-4-13(5-7-14)12-23-10-8-15(9-11-23)22-27(24,25)17-3-1-2-16-18(17)21-26-20-16/h1-7,15,22H,8-12H2. The Morgan fingerprint density at radius 3 is 2.59 bits per heavy atom. The third-order valence-electron chi connectivity index (χ3n) is 4.77. The van der Waals surface area contributed by atoms with Gasteiger partial charge in [-0.05, 0) is 42.7 Å². The first-order valence-corrected chi connectivity index (χ1v) is 11.3. The molecule has 9 heteroatoms. The highest BCUT2D eigenvalue weighted by molar-refractivity contribution is 7.89. The van der Waals surface area contributed by atoms with Gasteiger partial charge >= 0.3 is 0 Å². The summed E-state index contributed by atoms with van der Waals surface area (Å²) in [5.74, 6) is 0. The van der Waals surface area contributed by atoms with Crippen molar-refractivity contribution in [2.24, 2.45) is 0 Å². The molecule has 27 heavy (non-hydrogen) atoms. The second-order valence-electron chi connectivity index (χ2n) is 6.69. The number of nitrogens with zero attached hydrogens (tertiary/aromatic N) is 3. The quantitative estimate of drug-likeness (QED) is 0.682. The molecule has 0 unspecified atom stereocenters. The van der Waals surface area contributed by atoms with Crippen molar-refractivity contribution in [1.29, 1.82) is 0 Å². The maximum absolute atomic E-state index is 12.8. The van der Waals surface area contributed by atoms with Crippen LogP contribution < -0.4 is 4.72 Å². The number of aromatic nitrogens is 2. The molecule has 0 radical (unpaired) electrons. The number of rotatable bonds is 5. The molecule has 0 atom stereocenters. The fourth-order valence-corrected chi connectivity index (χ4v) is 5.54. The Balaban J connectivity index is 1.38. The third kappa shape index (κ3) is 4.30. The predicted octanol–water partition coefficient (Wildman–Crippen LogP) is 3.29. The third-order valence-corrected chi connectivity index (χ3v) is 7.11. The molecule has 0 bridgehead atoms. The lowest BCUT2D eigenvalue weighted by atomic mass is 10.1. The van der Waals surface area contributed by atoms with Gasteiger partial charge in [0.1, 0.15) is 15.9 Å². The molecule has 0 aliphatic carbocycles. The minimum atomic E-state index is -3.62. The molecule has 0 amide bonds. The summed E-state index contributed by atoms with van der Waals surface area (Å²) in [7, 11) is -3.62. The van der Waals surface area contributed by atoms with E-state index in [1.54, 1.807) is 18.2 Å². The van der Waals surface area contributed by atoms with E-state index < -0.39 is 10.0 Å². The van der Waals surface area contributed by atoms with Crippen LogP contribution in [0.2, 0.25) is 5.02 Å². The molecule has 0 saturated carbocycles. The van der Waals surface area contributed by atoms with Gasteiger partial charge in [-0.1, -0.05) is 29.8 Å². The average Bonchev–Trinajstić information content (AvgIpc) is 3.13. The van der Waals surface area contributed by atoms with Crippen LogP contribution in [-0.2, 0) is 16.6 Å². The monoisotopic (exact) mass is 422 g/mol. The molecule has 1 fully saturated rings. The van der Waals surface area contributed by atoms with E-state index in [9.17, 15) is 8.42 Å². The molecular formula is C18H19ClN4O2S2. The van der Waals surface area contributed by atoms with Gasteiger partial charge in [0.2, 0.25) is 10.0 Å². The van der Waals surface area contributed by atoms with Crippen LogP contribution in [0.3, 0.4) is 0 Å². The van der Waals surface area contributed by atoms with E-state index in [1.165, 1.54) is 5.56 Å². The number of hydrogen-bond acceptors (Lipinski definition) is 6. The molecule has 0 spiro atoms. The number of piperidine rings is 1.